The summed E-state index contributed by atoms with van der Waals surface area (Å²) in [6.07, 6.45) is -1.53. The van der Waals surface area contributed by atoms with Gasteiger partial charge in [-0.15, -0.1) is 0 Å². The number of hydrogen-bond acceptors (Lipinski definition) is 7. The maximum absolute atomic E-state index is 12.6. The Labute approximate surface area is 186 Å². The molecule has 0 saturated carbocycles. The van der Waals surface area contributed by atoms with Gasteiger partial charge >= 0.3 is 12.0 Å². The molecule has 168 valence electrons. The van der Waals surface area contributed by atoms with Crippen LogP contribution in [0.2, 0.25) is 0 Å². The smallest absolute Gasteiger partial charge is 0.348 e. The summed E-state index contributed by atoms with van der Waals surface area (Å²) in [5.41, 5.74) is 1.63. The van der Waals surface area contributed by atoms with Crippen LogP contribution >= 0.6 is 0 Å². The van der Waals surface area contributed by atoms with Crippen LogP contribution in [0.25, 0.3) is 0 Å². The molecule has 0 radical (unpaired) electrons. The summed E-state index contributed by atoms with van der Waals surface area (Å²) in [4.78, 5) is 20.9. The fraction of sp³-hybridized carbons (Fsp3) is 0.292. The van der Waals surface area contributed by atoms with Gasteiger partial charge in [-0.25, -0.2) is 4.79 Å². The van der Waals surface area contributed by atoms with E-state index in [1.165, 1.54) is 27.4 Å². The average molecular weight is 438 g/mol. The van der Waals surface area contributed by atoms with Crippen molar-refractivity contribution in [2.24, 2.45) is 0 Å². The average Bonchev–Trinajstić information content (AvgIpc) is 2.79. The second kappa shape index (κ2) is 9.65. The van der Waals surface area contributed by atoms with Crippen LogP contribution in [-0.4, -0.2) is 48.5 Å². The van der Waals surface area contributed by atoms with Crippen molar-refractivity contribution in [1.29, 1.82) is 0 Å². The van der Waals surface area contributed by atoms with E-state index < -0.39 is 17.7 Å². The molecule has 3 rings (SSSR count). The SMILES string of the molecule is COc1cc(OC)nc(OC(C(=O)O)C(OC)(c2cccc(C)c2)c2cccc(C)c2)n1. The van der Waals surface area contributed by atoms with Gasteiger partial charge in [0, 0.05) is 7.11 Å². The van der Waals surface area contributed by atoms with Crippen LogP contribution in [0.15, 0.2) is 54.6 Å². The highest BCUT2D eigenvalue weighted by atomic mass is 16.6. The number of benzene rings is 2. The number of hydrogen-bond donors (Lipinski definition) is 1. The molecule has 32 heavy (non-hydrogen) atoms. The van der Waals surface area contributed by atoms with Crippen LogP contribution < -0.4 is 14.2 Å². The fourth-order valence-electron chi connectivity index (χ4n) is 3.62. The predicted molar refractivity (Wildman–Crippen MR) is 117 cm³/mol. The topological polar surface area (TPSA) is 100 Å². The number of carboxylic acids is 1. The van der Waals surface area contributed by atoms with Gasteiger partial charge in [0.15, 0.2) is 5.60 Å². The standard InChI is InChI=1S/C24H26N2O6/c1-15-8-6-10-17(12-15)24(31-5,18-11-7-9-16(2)13-18)21(22(27)28)32-23-25-19(29-3)14-20(26-23)30-4/h6-14,21H,1-5H3,(H,27,28). The van der Waals surface area contributed by atoms with Crippen molar-refractivity contribution in [2.45, 2.75) is 25.6 Å². The largest absolute Gasteiger partial charge is 0.481 e. The van der Waals surface area contributed by atoms with Crippen molar-refractivity contribution in [3.63, 3.8) is 0 Å². The highest BCUT2D eigenvalue weighted by molar-refractivity contribution is 5.76. The normalized spacial score (nSPS) is 12.2. The van der Waals surface area contributed by atoms with Gasteiger partial charge in [0.05, 0.1) is 20.3 Å². The molecule has 0 fully saturated rings. The van der Waals surface area contributed by atoms with Crippen LogP contribution in [0.3, 0.4) is 0 Å². The molecular formula is C24H26N2O6. The third kappa shape index (κ3) is 4.50. The van der Waals surface area contributed by atoms with Crippen molar-refractivity contribution < 1.29 is 28.8 Å². The first-order chi connectivity index (χ1) is 15.3. The van der Waals surface area contributed by atoms with Crippen molar-refractivity contribution in [3.8, 4) is 17.8 Å². The number of aromatic nitrogens is 2. The Kier molecular flexibility index (Phi) is 6.95. The van der Waals surface area contributed by atoms with E-state index in [0.29, 0.717) is 11.1 Å². The lowest BCUT2D eigenvalue weighted by atomic mass is 9.80. The second-order valence-corrected chi connectivity index (χ2v) is 7.25. The maximum atomic E-state index is 12.6. The summed E-state index contributed by atoms with van der Waals surface area (Å²) in [6, 6.07) is 16.2. The molecule has 0 spiro atoms. The zero-order valence-corrected chi connectivity index (χ0v) is 18.7. The van der Waals surface area contributed by atoms with E-state index in [9.17, 15) is 9.90 Å². The molecule has 0 aliphatic heterocycles. The number of methoxy groups -OCH3 is 3. The third-order valence-corrected chi connectivity index (χ3v) is 5.11. The van der Waals surface area contributed by atoms with Gasteiger partial charge in [-0.05, 0) is 25.0 Å². The van der Waals surface area contributed by atoms with Crippen LogP contribution in [0.1, 0.15) is 22.3 Å². The molecule has 8 heteroatoms. The highest BCUT2D eigenvalue weighted by Gasteiger charge is 2.49. The molecular weight excluding hydrogens is 412 g/mol. The molecule has 0 saturated heterocycles. The second-order valence-electron chi connectivity index (χ2n) is 7.25. The Hall–Kier alpha value is -3.65. The maximum Gasteiger partial charge on any atom is 0.348 e. The van der Waals surface area contributed by atoms with Gasteiger partial charge in [-0.2, -0.15) is 9.97 Å². The zero-order chi connectivity index (χ0) is 23.3. The minimum Gasteiger partial charge on any atom is -0.481 e. The van der Waals surface area contributed by atoms with Crippen molar-refractivity contribution in [2.75, 3.05) is 21.3 Å². The van der Waals surface area contributed by atoms with E-state index in [-0.39, 0.29) is 17.8 Å². The molecule has 2 aromatic carbocycles. The Balaban J connectivity index is 2.24. The van der Waals surface area contributed by atoms with Crippen molar-refractivity contribution in [3.05, 3.63) is 76.9 Å². The molecule has 1 atom stereocenters. The van der Waals surface area contributed by atoms with Crippen LogP contribution in [0.5, 0.6) is 17.8 Å². The van der Waals surface area contributed by atoms with Gasteiger partial charge in [0.1, 0.15) is 0 Å². The summed E-state index contributed by atoms with van der Waals surface area (Å²) < 4.78 is 22.2. The first-order valence-corrected chi connectivity index (χ1v) is 9.90. The van der Waals surface area contributed by atoms with E-state index in [1.54, 1.807) is 0 Å². The lowest BCUT2D eigenvalue weighted by Crippen LogP contribution is -2.51. The molecule has 1 N–H and O–H groups in total. The Morgan fingerprint density at radius 3 is 1.75 bits per heavy atom. The summed E-state index contributed by atoms with van der Waals surface area (Å²) in [7, 11) is 4.31. The Bertz CT molecular complexity index is 1030. The molecule has 0 bridgehead atoms. The molecule has 1 heterocycles. The lowest BCUT2D eigenvalue weighted by Gasteiger charge is -2.38. The van der Waals surface area contributed by atoms with E-state index in [0.717, 1.165) is 11.1 Å². The monoisotopic (exact) mass is 438 g/mol. The lowest BCUT2D eigenvalue weighted by molar-refractivity contribution is -0.160. The van der Waals surface area contributed by atoms with Crippen LogP contribution in [0.4, 0.5) is 0 Å². The van der Waals surface area contributed by atoms with Gasteiger partial charge in [0.25, 0.3) is 0 Å². The summed E-state index contributed by atoms with van der Waals surface area (Å²) in [6.45, 7) is 3.85. The summed E-state index contributed by atoms with van der Waals surface area (Å²) in [5, 5.41) is 10.3. The number of rotatable bonds is 9. The number of ether oxygens (including phenoxy) is 4. The van der Waals surface area contributed by atoms with Gasteiger partial charge in [0.2, 0.25) is 17.9 Å². The van der Waals surface area contributed by atoms with Gasteiger partial charge in [-0.3, -0.25) is 0 Å². The summed E-state index contributed by atoms with van der Waals surface area (Å²) >= 11 is 0. The quantitative estimate of drug-likeness (QED) is 0.542. The molecule has 0 aliphatic carbocycles. The third-order valence-electron chi connectivity index (χ3n) is 5.11. The first kappa shape index (κ1) is 23.0. The minimum absolute atomic E-state index is 0.171. The molecule has 8 nitrogen and oxygen atoms in total. The van der Waals surface area contributed by atoms with Crippen molar-refractivity contribution in [1.82, 2.24) is 9.97 Å². The summed E-state index contributed by atoms with van der Waals surface area (Å²) in [5.74, 6) is -0.907. The Morgan fingerprint density at radius 2 is 1.38 bits per heavy atom. The van der Waals surface area contributed by atoms with E-state index >= 15 is 0 Å². The van der Waals surface area contributed by atoms with Crippen LogP contribution in [-0.2, 0) is 15.1 Å². The number of carbonyl (C=O) groups is 1. The van der Waals surface area contributed by atoms with Gasteiger partial charge < -0.3 is 24.1 Å². The molecule has 0 aliphatic rings. The minimum atomic E-state index is -1.53. The Morgan fingerprint density at radius 1 is 0.875 bits per heavy atom. The van der Waals surface area contributed by atoms with Crippen molar-refractivity contribution >= 4 is 5.97 Å². The van der Waals surface area contributed by atoms with E-state index in [2.05, 4.69) is 9.97 Å². The molecule has 3 aromatic rings. The molecule has 1 unspecified atom stereocenters. The van der Waals surface area contributed by atoms with E-state index in [4.69, 9.17) is 18.9 Å². The first-order valence-electron chi connectivity index (χ1n) is 9.90. The number of nitrogens with zero attached hydrogens (tertiary/aromatic N) is 2. The number of carboxylic acid groups (broad SMARTS) is 1. The fourth-order valence-corrected chi connectivity index (χ4v) is 3.62. The number of aliphatic carboxylic acids is 1. The number of aryl methyl sites for hydroxylation is 2. The van der Waals surface area contributed by atoms with Gasteiger partial charge in [-0.1, -0.05) is 59.7 Å². The van der Waals surface area contributed by atoms with Crippen LogP contribution in [0, 0.1) is 13.8 Å². The molecule has 0 amide bonds. The highest BCUT2D eigenvalue weighted by Crippen LogP contribution is 2.39. The van der Waals surface area contributed by atoms with E-state index in [1.807, 2.05) is 62.4 Å². The zero-order valence-electron chi connectivity index (χ0n) is 18.7. The predicted octanol–water partition coefficient (Wildman–Crippen LogP) is 3.53. The molecule has 1 aromatic heterocycles.